The molecule has 3 nitrogen and oxygen atoms in total. The van der Waals surface area contributed by atoms with Crippen LogP contribution in [0.1, 0.15) is 37.4 Å². The van der Waals surface area contributed by atoms with Gasteiger partial charge in [-0.05, 0) is 61.1 Å². The summed E-state index contributed by atoms with van der Waals surface area (Å²) in [6.45, 7) is 2.20. The van der Waals surface area contributed by atoms with E-state index in [1.54, 1.807) is 0 Å². The molecule has 0 aliphatic carbocycles. The van der Waals surface area contributed by atoms with E-state index in [0.29, 0.717) is 6.42 Å². The van der Waals surface area contributed by atoms with E-state index in [2.05, 4.69) is 54.0 Å². The van der Waals surface area contributed by atoms with Crippen LogP contribution in [0.4, 0.5) is 0 Å². The zero-order valence-electron chi connectivity index (χ0n) is 15.2. The van der Waals surface area contributed by atoms with Crippen molar-refractivity contribution in [3.63, 3.8) is 0 Å². The number of aromatic nitrogens is 1. The van der Waals surface area contributed by atoms with Crippen molar-refractivity contribution in [3.05, 3.63) is 78.0 Å². The van der Waals surface area contributed by atoms with Gasteiger partial charge in [-0.2, -0.15) is 0 Å². The van der Waals surface area contributed by atoms with Crippen molar-refractivity contribution in [1.29, 1.82) is 0 Å². The third-order valence-corrected chi connectivity index (χ3v) is 4.63. The molecule has 1 aromatic heterocycles. The standard InChI is InChI=1S/C23H25NO2/c1-2-3-7-18-10-12-20(13-11-18)24-21(15-17-23(25)26)14-16-22(24)19-8-5-4-6-9-19/h4-6,8-14,16H,2-3,7,15,17H2,1H3,(H,25,26)/p-1. The minimum absolute atomic E-state index is 0.0207. The summed E-state index contributed by atoms with van der Waals surface area (Å²) in [5.74, 6) is -1.02. The second-order valence-electron chi connectivity index (χ2n) is 6.55. The van der Waals surface area contributed by atoms with Crippen LogP contribution in [0, 0.1) is 0 Å². The Balaban J connectivity index is 1.99. The van der Waals surface area contributed by atoms with Gasteiger partial charge in [0.25, 0.3) is 0 Å². The summed E-state index contributed by atoms with van der Waals surface area (Å²) in [7, 11) is 0. The number of unbranched alkanes of at least 4 members (excludes halogenated alkanes) is 1. The Hall–Kier alpha value is -2.81. The van der Waals surface area contributed by atoms with Gasteiger partial charge < -0.3 is 14.5 Å². The molecule has 0 amide bonds. The van der Waals surface area contributed by atoms with Gasteiger partial charge in [0, 0.05) is 17.4 Å². The van der Waals surface area contributed by atoms with Crippen LogP contribution in [0.3, 0.4) is 0 Å². The number of carboxylic acids is 1. The third kappa shape index (κ3) is 4.23. The first-order chi connectivity index (χ1) is 12.7. The number of nitrogens with zero attached hydrogens (tertiary/aromatic N) is 1. The van der Waals surface area contributed by atoms with E-state index < -0.39 is 5.97 Å². The Kier molecular flexibility index (Phi) is 5.90. The summed E-state index contributed by atoms with van der Waals surface area (Å²) in [6, 6.07) is 22.8. The summed E-state index contributed by atoms with van der Waals surface area (Å²) in [5.41, 5.74) is 5.56. The van der Waals surface area contributed by atoms with Crippen molar-refractivity contribution in [2.45, 2.75) is 39.0 Å². The lowest BCUT2D eigenvalue weighted by Gasteiger charge is -2.15. The molecular weight excluding hydrogens is 322 g/mol. The second kappa shape index (κ2) is 8.52. The van der Waals surface area contributed by atoms with Gasteiger partial charge in [-0.15, -0.1) is 0 Å². The molecule has 0 atom stereocenters. The van der Waals surface area contributed by atoms with Gasteiger partial charge in [-0.3, -0.25) is 0 Å². The van der Waals surface area contributed by atoms with E-state index in [1.807, 2.05) is 24.3 Å². The highest BCUT2D eigenvalue weighted by atomic mass is 16.4. The zero-order chi connectivity index (χ0) is 18.4. The number of aliphatic carboxylic acids is 1. The van der Waals surface area contributed by atoms with Gasteiger partial charge in [0.15, 0.2) is 0 Å². The number of carbonyl (C=O) groups excluding carboxylic acids is 1. The number of carbonyl (C=O) groups is 1. The van der Waals surface area contributed by atoms with Crippen LogP contribution < -0.4 is 5.11 Å². The fraction of sp³-hybridized carbons (Fsp3) is 0.261. The van der Waals surface area contributed by atoms with Gasteiger partial charge in [-0.1, -0.05) is 55.8 Å². The van der Waals surface area contributed by atoms with Gasteiger partial charge in [-0.25, -0.2) is 0 Å². The van der Waals surface area contributed by atoms with E-state index >= 15 is 0 Å². The molecule has 0 unspecified atom stereocenters. The molecule has 0 saturated heterocycles. The smallest absolute Gasteiger partial charge is 0.0531 e. The largest absolute Gasteiger partial charge is 0.550 e. The van der Waals surface area contributed by atoms with Crippen molar-refractivity contribution < 1.29 is 9.90 Å². The summed E-state index contributed by atoms with van der Waals surface area (Å²) in [5, 5.41) is 10.9. The number of hydrogen-bond acceptors (Lipinski definition) is 2. The Morgan fingerprint density at radius 3 is 2.31 bits per heavy atom. The van der Waals surface area contributed by atoms with Crippen LogP contribution in [0.5, 0.6) is 0 Å². The maximum absolute atomic E-state index is 10.9. The minimum atomic E-state index is -1.02. The van der Waals surface area contributed by atoms with Crippen molar-refractivity contribution >= 4 is 5.97 Å². The summed E-state index contributed by atoms with van der Waals surface area (Å²) in [6.07, 6.45) is 3.94. The lowest BCUT2D eigenvalue weighted by atomic mass is 10.1. The van der Waals surface area contributed by atoms with Crippen LogP contribution in [-0.2, 0) is 17.6 Å². The first-order valence-corrected chi connectivity index (χ1v) is 9.24. The molecule has 0 aliphatic rings. The molecule has 3 aromatic rings. The summed E-state index contributed by atoms with van der Waals surface area (Å²) < 4.78 is 2.15. The van der Waals surface area contributed by atoms with Crippen LogP contribution >= 0.6 is 0 Å². The molecule has 134 valence electrons. The third-order valence-electron chi connectivity index (χ3n) is 4.63. The predicted molar refractivity (Wildman–Crippen MR) is 103 cm³/mol. The normalized spacial score (nSPS) is 10.8. The number of carboxylic acid groups (broad SMARTS) is 1. The van der Waals surface area contributed by atoms with Crippen molar-refractivity contribution in [2.24, 2.45) is 0 Å². The van der Waals surface area contributed by atoms with Crippen LogP contribution in [0.25, 0.3) is 16.9 Å². The average molecular weight is 346 g/mol. The van der Waals surface area contributed by atoms with Crippen LogP contribution in [0.15, 0.2) is 66.7 Å². The highest BCUT2D eigenvalue weighted by Crippen LogP contribution is 2.27. The fourth-order valence-corrected chi connectivity index (χ4v) is 3.24. The maximum atomic E-state index is 10.9. The van der Waals surface area contributed by atoms with E-state index in [9.17, 15) is 9.90 Å². The van der Waals surface area contributed by atoms with Gasteiger partial charge >= 0.3 is 0 Å². The first kappa shape index (κ1) is 18.0. The molecule has 0 bridgehead atoms. The van der Waals surface area contributed by atoms with Gasteiger partial charge in [0.1, 0.15) is 0 Å². The predicted octanol–water partition coefficient (Wildman–Crippen LogP) is 4.17. The molecule has 0 saturated carbocycles. The van der Waals surface area contributed by atoms with E-state index in [0.717, 1.165) is 29.1 Å². The lowest BCUT2D eigenvalue weighted by molar-refractivity contribution is -0.305. The molecule has 0 spiro atoms. The van der Waals surface area contributed by atoms with Crippen LogP contribution in [0.2, 0.25) is 0 Å². The zero-order valence-corrected chi connectivity index (χ0v) is 15.2. The van der Waals surface area contributed by atoms with Gasteiger partial charge in [0.2, 0.25) is 0 Å². The average Bonchev–Trinajstić information content (AvgIpc) is 3.10. The summed E-state index contributed by atoms with van der Waals surface area (Å²) in [4.78, 5) is 10.9. The van der Waals surface area contributed by atoms with Crippen molar-refractivity contribution in [2.75, 3.05) is 0 Å². The Morgan fingerprint density at radius 1 is 0.923 bits per heavy atom. The minimum Gasteiger partial charge on any atom is -0.550 e. The number of benzene rings is 2. The van der Waals surface area contributed by atoms with Crippen molar-refractivity contribution in [3.8, 4) is 16.9 Å². The molecule has 0 aliphatic heterocycles. The molecule has 26 heavy (non-hydrogen) atoms. The topological polar surface area (TPSA) is 45.1 Å². The number of aryl methyl sites for hydroxylation is 2. The van der Waals surface area contributed by atoms with E-state index in [-0.39, 0.29) is 6.42 Å². The Morgan fingerprint density at radius 2 is 1.65 bits per heavy atom. The molecular formula is C23H24NO2-. The second-order valence-corrected chi connectivity index (χ2v) is 6.55. The lowest BCUT2D eigenvalue weighted by Crippen LogP contribution is -2.22. The Labute approximate surface area is 154 Å². The van der Waals surface area contributed by atoms with Crippen LogP contribution in [-0.4, -0.2) is 10.5 Å². The number of hydrogen-bond donors (Lipinski definition) is 0. The first-order valence-electron chi connectivity index (χ1n) is 9.24. The molecule has 0 fully saturated rings. The SMILES string of the molecule is CCCCc1ccc(-n2c(CCC(=O)[O-])ccc2-c2ccccc2)cc1. The molecule has 1 heterocycles. The van der Waals surface area contributed by atoms with E-state index in [4.69, 9.17) is 0 Å². The number of rotatable bonds is 8. The Bertz CT molecular complexity index is 848. The molecule has 3 rings (SSSR count). The maximum Gasteiger partial charge on any atom is 0.0531 e. The van der Waals surface area contributed by atoms with E-state index in [1.165, 1.54) is 18.4 Å². The monoisotopic (exact) mass is 346 g/mol. The summed E-state index contributed by atoms with van der Waals surface area (Å²) >= 11 is 0. The highest BCUT2D eigenvalue weighted by molar-refractivity contribution is 5.66. The highest BCUT2D eigenvalue weighted by Gasteiger charge is 2.12. The molecule has 0 N–H and O–H groups in total. The fourth-order valence-electron chi connectivity index (χ4n) is 3.24. The molecule has 3 heteroatoms. The van der Waals surface area contributed by atoms with Crippen molar-refractivity contribution in [1.82, 2.24) is 4.57 Å². The van der Waals surface area contributed by atoms with Gasteiger partial charge in [0.05, 0.1) is 5.69 Å². The molecule has 0 radical (unpaired) electrons. The quantitative estimate of drug-likeness (QED) is 0.614. The molecule has 2 aromatic carbocycles.